The molecule has 2 atom stereocenters. The van der Waals surface area contributed by atoms with E-state index in [1.807, 2.05) is 57.2 Å². The van der Waals surface area contributed by atoms with Crippen molar-refractivity contribution < 1.29 is 28.5 Å². The van der Waals surface area contributed by atoms with E-state index in [4.69, 9.17) is 18.9 Å². The van der Waals surface area contributed by atoms with Gasteiger partial charge < -0.3 is 24.3 Å². The van der Waals surface area contributed by atoms with Crippen LogP contribution in [0.2, 0.25) is 0 Å². The van der Waals surface area contributed by atoms with Crippen molar-refractivity contribution in [2.75, 3.05) is 20.5 Å². The molecule has 5 rings (SSSR count). The fraction of sp³-hybridized carbons (Fsp3) is 0.379. The Morgan fingerprint density at radius 2 is 1.84 bits per heavy atom. The Bertz CT molecular complexity index is 1310. The number of dihydropyridines is 1. The van der Waals surface area contributed by atoms with Crippen LogP contribution in [0.5, 0.6) is 17.2 Å². The normalized spacial score (nSPS) is 20.6. The molecule has 0 aromatic heterocycles. The number of benzene rings is 2. The number of methoxy groups -OCH3 is 1. The minimum absolute atomic E-state index is 0.00537. The molecule has 0 unspecified atom stereocenters. The number of nitrogens with one attached hydrogen (secondary N) is 1. The highest BCUT2D eigenvalue weighted by Crippen LogP contribution is 2.49. The highest BCUT2D eigenvalue weighted by molar-refractivity contribution is 9.10. The topological polar surface area (TPSA) is 83.1 Å². The molecule has 7 nitrogen and oxygen atoms in total. The molecule has 2 aromatic carbocycles. The number of allylic oxidation sites excluding steroid dienone is 3. The Labute approximate surface area is 224 Å². The van der Waals surface area contributed by atoms with E-state index >= 15 is 0 Å². The number of halogens is 1. The molecule has 1 aliphatic carbocycles. The molecule has 1 N–H and O–H groups in total. The van der Waals surface area contributed by atoms with E-state index in [2.05, 4.69) is 21.2 Å². The summed E-state index contributed by atoms with van der Waals surface area (Å²) in [5.74, 6) is 1.18. The lowest BCUT2D eigenvalue weighted by Crippen LogP contribution is -2.36. The molecule has 194 valence electrons. The molecule has 2 aliphatic heterocycles. The molecular formula is C29H30BrNO6. The van der Waals surface area contributed by atoms with Crippen LogP contribution in [0.15, 0.2) is 63.4 Å². The highest BCUT2D eigenvalue weighted by atomic mass is 79.9. The van der Waals surface area contributed by atoms with Crippen molar-refractivity contribution in [1.82, 2.24) is 5.32 Å². The maximum Gasteiger partial charge on any atom is 0.336 e. The Morgan fingerprint density at radius 3 is 2.51 bits per heavy atom. The van der Waals surface area contributed by atoms with E-state index in [1.165, 1.54) is 0 Å². The molecule has 0 saturated carbocycles. The lowest BCUT2D eigenvalue weighted by molar-refractivity contribution is -0.140. The van der Waals surface area contributed by atoms with Gasteiger partial charge >= 0.3 is 5.97 Å². The average Bonchev–Trinajstić information content (AvgIpc) is 3.33. The molecule has 8 heteroatoms. The number of ketones is 1. The van der Waals surface area contributed by atoms with Gasteiger partial charge in [-0.05, 0) is 60.6 Å². The summed E-state index contributed by atoms with van der Waals surface area (Å²) in [6.45, 7) is 6.27. The largest absolute Gasteiger partial charge is 0.497 e. The van der Waals surface area contributed by atoms with Gasteiger partial charge in [-0.2, -0.15) is 0 Å². The number of fused-ring (bicyclic) bond motifs is 1. The Kier molecular flexibility index (Phi) is 7.03. The second kappa shape index (κ2) is 10.2. The summed E-state index contributed by atoms with van der Waals surface area (Å²) in [6, 6.07) is 11.5. The molecule has 0 spiro atoms. The number of carbonyl (C=O) groups is 2. The lowest BCUT2D eigenvalue weighted by Gasteiger charge is -2.37. The van der Waals surface area contributed by atoms with Crippen molar-refractivity contribution in [2.45, 2.75) is 45.4 Å². The van der Waals surface area contributed by atoms with Crippen LogP contribution in [-0.4, -0.2) is 32.3 Å². The summed E-state index contributed by atoms with van der Waals surface area (Å²) >= 11 is 3.67. The first kappa shape index (κ1) is 25.4. The molecule has 37 heavy (non-hydrogen) atoms. The van der Waals surface area contributed by atoms with Crippen LogP contribution < -0.4 is 19.5 Å². The van der Waals surface area contributed by atoms with Crippen LogP contribution in [0.1, 0.15) is 56.6 Å². The minimum Gasteiger partial charge on any atom is -0.497 e. The fourth-order valence-corrected chi connectivity index (χ4v) is 5.76. The zero-order chi connectivity index (χ0) is 26.3. The molecule has 3 aliphatic rings. The van der Waals surface area contributed by atoms with Crippen molar-refractivity contribution >= 4 is 27.7 Å². The number of hydrogen-bond acceptors (Lipinski definition) is 7. The second-order valence-corrected chi connectivity index (χ2v) is 10.9. The summed E-state index contributed by atoms with van der Waals surface area (Å²) in [5.41, 5.74) is 4.41. The van der Waals surface area contributed by atoms with Gasteiger partial charge in [0.2, 0.25) is 6.79 Å². The smallest absolute Gasteiger partial charge is 0.336 e. The maximum absolute atomic E-state index is 13.8. The Hall–Kier alpha value is -3.26. The van der Waals surface area contributed by atoms with Gasteiger partial charge in [-0.1, -0.05) is 41.9 Å². The third-order valence-electron chi connectivity index (χ3n) is 6.99. The summed E-state index contributed by atoms with van der Waals surface area (Å²) < 4.78 is 22.9. The fourth-order valence-electron chi connectivity index (χ4n) is 5.21. The van der Waals surface area contributed by atoms with Crippen LogP contribution in [0.25, 0.3) is 0 Å². The van der Waals surface area contributed by atoms with Gasteiger partial charge in [0, 0.05) is 33.8 Å². The van der Waals surface area contributed by atoms with Crippen LogP contribution in [0.4, 0.5) is 0 Å². The van der Waals surface area contributed by atoms with Gasteiger partial charge in [-0.15, -0.1) is 0 Å². The molecule has 0 fully saturated rings. The SMILES string of the molecule is COc1ccc([C@H]2CC(=O)C3=C(C2)NC(C)=C(C(=O)OCC(C)C)[C@@H]3c2cc3c(cc2Br)OCO3)cc1. The minimum atomic E-state index is -0.593. The van der Waals surface area contributed by atoms with Crippen molar-refractivity contribution in [3.63, 3.8) is 0 Å². The second-order valence-electron chi connectivity index (χ2n) is 10.0. The van der Waals surface area contributed by atoms with Gasteiger partial charge in [0.1, 0.15) is 5.75 Å². The first-order chi connectivity index (χ1) is 17.8. The van der Waals surface area contributed by atoms with Crippen LogP contribution in [0, 0.1) is 5.92 Å². The Balaban J connectivity index is 1.58. The molecule has 2 heterocycles. The summed E-state index contributed by atoms with van der Waals surface area (Å²) in [7, 11) is 1.63. The van der Waals surface area contributed by atoms with Gasteiger partial charge in [0.15, 0.2) is 17.3 Å². The van der Waals surface area contributed by atoms with Crippen molar-refractivity contribution in [3.05, 3.63) is 74.5 Å². The number of Topliss-reactive ketones (excluding diaryl/α,β-unsaturated/α-hetero) is 1. The van der Waals surface area contributed by atoms with Crippen LogP contribution in [0.3, 0.4) is 0 Å². The molecule has 0 bridgehead atoms. The molecule has 0 saturated heterocycles. The highest BCUT2D eigenvalue weighted by Gasteiger charge is 2.42. The third kappa shape index (κ3) is 4.87. The predicted molar refractivity (Wildman–Crippen MR) is 142 cm³/mol. The number of carbonyl (C=O) groups excluding carboxylic acids is 2. The van der Waals surface area contributed by atoms with E-state index in [0.29, 0.717) is 47.8 Å². The first-order valence-corrected chi connectivity index (χ1v) is 13.2. The number of ether oxygens (including phenoxy) is 4. The quantitative estimate of drug-likeness (QED) is 0.445. The molecule has 0 amide bonds. The van der Waals surface area contributed by atoms with E-state index in [0.717, 1.165) is 27.0 Å². The zero-order valence-electron chi connectivity index (χ0n) is 21.4. The van der Waals surface area contributed by atoms with Gasteiger partial charge in [0.05, 0.1) is 19.3 Å². The summed E-state index contributed by atoms with van der Waals surface area (Å²) in [6.07, 6.45) is 0.997. The van der Waals surface area contributed by atoms with Gasteiger partial charge in [0.25, 0.3) is 0 Å². The molecule has 0 radical (unpaired) electrons. The predicted octanol–water partition coefficient (Wildman–Crippen LogP) is 5.75. The van der Waals surface area contributed by atoms with Crippen LogP contribution >= 0.6 is 15.9 Å². The van der Waals surface area contributed by atoms with Crippen LogP contribution in [-0.2, 0) is 14.3 Å². The summed E-state index contributed by atoms with van der Waals surface area (Å²) in [4.78, 5) is 27.3. The zero-order valence-corrected chi connectivity index (χ0v) is 22.9. The number of hydrogen-bond donors (Lipinski definition) is 1. The van der Waals surface area contributed by atoms with Gasteiger partial charge in [-0.3, -0.25) is 4.79 Å². The van der Waals surface area contributed by atoms with Gasteiger partial charge in [-0.25, -0.2) is 4.79 Å². The average molecular weight is 568 g/mol. The molecular weight excluding hydrogens is 538 g/mol. The maximum atomic E-state index is 13.8. The van der Waals surface area contributed by atoms with Crippen molar-refractivity contribution in [1.29, 1.82) is 0 Å². The number of esters is 1. The van der Waals surface area contributed by atoms with E-state index in [1.54, 1.807) is 7.11 Å². The standard InChI is InChI=1S/C29H30BrNO6/c1-15(2)13-35-29(33)26-16(3)31-22-9-18(17-5-7-19(34-4)8-6-17)10-23(32)28(22)27(26)20-11-24-25(12-21(20)30)37-14-36-24/h5-8,11-12,15,18,27,31H,9-10,13-14H2,1-4H3/t18-,27+/m1/s1. The van der Waals surface area contributed by atoms with E-state index < -0.39 is 11.9 Å². The third-order valence-corrected chi connectivity index (χ3v) is 7.67. The van der Waals surface area contributed by atoms with E-state index in [-0.39, 0.29) is 24.4 Å². The Morgan fingerprint density at radius 1 is 1.14 bits per heavy atom. The van der Waals surface area contributed by atoms with Crippen molar-refractivity contribution in [2.24, 2.45) is 5.92 Å². The van der Waals surface area contributed by atoms with Crippen molar-refractivity contribution in [3.8, 4) is 17.2 Å². The first-order valence-electron chi connectivity index (χ1n) is 12.4. The van der Waals surface area contributed by atoms with E-state index in [9.17, 15) is 9.59 Å². The monoisotopic (exact) mass is 567 g/mol. The molecule has 2 aromatic rings. The number of rotatable bonds is 6. The lowest BCUT2D eigenvalue weighted by atomic mass is 9.71. The summed E-state index contributed by atoms with van der Waals surface area (Å²) in [5, 5.41) is 3.40.